The standard InChI is InChI=1S/C12H16F3N3O2/c1-11(2,3)8(9(19)20-4)18-10-16-6-5-7(17-10)12(13,14)15/h5-6,8H,1-4H3,(H,16,17,18)/t8-/m1/s1. The van der Waals surface area contributed by atoms with Gasteiger partial charge in [-0.15, -0.1) is 0 Å². The topological polar surface area (TPSA) is 64.1 Å². The van der Waals surface area contributed by atoms with Crippen LogP contribution in [0.25, 0.3) is 0 Å². The number of anilines is 1. The highest BCUT2D eigenvalue weighted by Crippen LogP contribution is 2.28. The van der Waals surface area contributed by atoms with Gasteiger partial charge in [0.2, 0.25) is 5.95 Å². The van der Waals surface area contributed by atoms with Crippen LogP contribution in [-0.2, 0) is 15.7 Å². The molecular formula is C12H16F3N3O2. The zero-order valence-electron chi connectivity index (χ0n) is 11.6. The van der Waals surface area contributed by atoms with Crippen LogP contribution in [0.4, 0.5) is 19.1 Å². The number of rotatable bonds is 3. The predicted octanol–water partition coefficient (Wildman–Crippen LogP) is 2.50. The number of halogens is 3. The Hall–Kier alpha value is -1.86. The molecule has 8 heteroatoms. The zero-order chi connectivity index (χ0) is 15.6. The molecule has 0 saturated carbocycles. The van der Waals surface area contributed by atoms with E-state index in [9.17, 15) is 18.0 Å². The number of aromatic nitrogens is 2. The summed E-state index contributed by atoms with van der Waals surface area (Å²) >= 11 is 0. The minimum absolute atomic E-state index is 0.273. The Bertz CT molecular complexity index is 484. The number of nitrogens with one attached hydrogen (secondary N) is 1. The first-order chi connectivity index (χ1) is 9.05. The molecule has 20 heavy (non-hydrogen) atoms. The van der Waals surface area contributed by atoms with Crippen molar-refractivity contribution in [2.24, 2.45) is 5.41 Å². The van der Waals surface area contributed by atoms with E-state index >= 15 is 0 Å². The van der Waals surface area contributed by atoms with Crippen molar-refractivity contribution in [2.45, 2.75) is 33.0 Å². The van der Waals surface area contributed by atoms with E-state index in [1.54, 1.807) is 20.8 Å². The molecule has 0 fully saturated rings. The molecule has 1 rings (SSSR count). The molecular weight excluding hydrogens is 275 g/mol. The average Bonchev–Trinajstić information content (AvgIpc) is 2.33. The number of carbonyl (C=O) groups excluding carboxylic acids is 1. The maximum Gasteiger partial charge on any atom is 0.433 e. The molecule has 1 aromatic rings. The van der Waals surface area contributed by atoms with Crippen molar-refractivity contribution >= 4 is 11.9 Å². The van der Waals surface area contributed by atoms with Gasteiger partial charge < -0.3 is 10.1 Å². The van der Waals surface area contributed by atoms with Crippen LogP contribution in [-0.4, -0.2) is 29.1 Å². The molecule has 0 aromatic carbocycles. The summed E-state index contributed by atoms with van der Waals surface area (Å²) in [5.74, 6) is -0.872. The average molecular weight is 291 g/mol. The van der Waals surface area contributed by atoms with Crippen LogP contribution in [0.1, 0.15) is 26.5 Å². The zero-order valence-corrected chi connectivity index (χ0v) is 11.6. The van der Waals surface area contributed by atoms with E-state index in [0.29, 0.717) is 0 Å². The molecule has 0 unspecified atom stereocenters. The third-order valence-corrected chi connectivity index (χ3v) is 2.52. The van der Waals surface area contributed by atoms with Crippen LogP contribution in [0.5, 0.6) is 0 Å². The Labute approximate surface area is 114 Å². The van der Waals surface area contributed by atoms with Crippen LogP contribution in [0.2, 0.25) is 0 Å². The van der Waals surface area contributed by atoms with Gasteiger partial charge in [0, 0.05) is 6.20 Å². The number of hydrogen-bond acceptors (Lipinski definition) is 5. The lowest BCUT2D eigenvalue weighted by Crippen LogP contribution is -2.42. The Morgan fingerprint density at radius 1 is 1.35 bits per heavy atom. The van der Waals surface area contributed by atoms with E-state index < -0.39 is 29.3 Å². The van der Waals surface area contributed by atoms with Crippen molar-refractivity contribution in [3.05, 3.63) is 18.0 Å². The van der Waals surface area contributed by atoms with Gasteiger partial charge in [-0.3, -0.25) is 0 Å². The quantitative estimate of drug-likeness (QED) is 0.867. The van der Waals surface area contributed by atoms with E-state index in [2.05, 4.69) is 20.0 Å². The minimum Gasteiger partial charge on any atom is -0.467 e. The van der Waals surface area contributed by atoms with Crippen molar-refractivity contribution in [3.8, 4) is 0 Å². The van der Waals surface area contributed by atoms with Crippen LogP contribution in [0.3, 0.4) is 0 Å². The number of nitrogens with zero attached hydrogens (tertiary/aromatic N) is 2. The van der Waals surface area contributed by atoms with E-state index in [0.717, 1.165) is 12.3 Å². The van der Waals surface area contributed by atoms with Crippen molar-refractivity contribution in [1.29, 1.82) is 0 Å². The normalized spacial score (nSPS) is 13.8. The summed E-state index contributed by atoms with van der Waals surface area (Å²) < 4.78 is 42.3. The summed E-state index contributed by atoms with van der Waals surface area (Å²) in [5.41, 5.74) is -1.66. The summed E-state index contributed by atoms with van der Waals surface area (Å²) in [7, 11) is 1.20. The second-order valence-corrected chi connectivity index (χ2v) is 5.23. The first-order valence-electron chi connectivity index (χ1n) is 5.80. The van der Waals surface area contributed by atoms with Gasteiger partial charge in [0.15, 0.2) is 0 Å². The van der Waals surface area contributed by atoms with Crippen LogP contribution in [0, 0.1) is 5.41 Å². The van der Waals surface area contributed by atoms with Gasteiger partial charge in [0.1, 0.15) is 11.7 Å². The van der Waals surface area contributed by atoms with E-state index in [1.807, 2.05) is 0 Å². The number of methoxy groups -OCH3 is 1. The Morgan fingerprint density at radius 3 is 2.40 bits per heavy atom. The van der Waals surface area contributed by atoms with Gasteiger partial charge in [-0.2, -0.15) is 13.2 Å². The summed E-state index contributed by atoms with van der Waals surface area (Å²) in [4.78, 5) is 18.7. The number of hydrogen-bond donors (Lipinski definition) is 1. The maximum absolute atomic E-state index is 12.6. The highest BCUT2D eigenvalue weighted by molar-refractivity contribution is 5.79. The fourth-order valence-electron chi connectivity index (χ4n) is 1.46. The van der Waals surface area contributed by atoms with Gasteiger partial charge in [0.25, 0.3) is 0 Å². The highest BCUT2D eigenvalue weighted by Gasteiger charge is 2.35. The number of ether oxygens (including phenoxy) is 1. The fourth-order valence-corrected chi connectivity index (χ4v) is 1.46. The lowest BCUT2D eigenvalue weighted by atomic mass is 9.87. The summed E-state index contributed by atoms with van der Waals surface area (Å²) in [6.45, 7) is 5.24. The molecule has 1 atom stereocenters. The van der Waals surface area contributed by atoms with Crippen molar-refractivity contribution in [2.75, 3.05) is 12.4 Å². The molecule has 0 saturated heterocycles. The van der Waals surface area contributed by atoms with Gasteiger partial charge in [0.05, 0.1) is 7.11 Å². The lowest BCUT2D eigenvalue weighted by Gasteiger charge is -2.29. The molecule has 0 aliphatic rings. The number of alkyl halides is 3. The second kappa shape index (κ2) is 5.64. The number of carbonyl (C=O) groups is 1. The summed E-state index contributed by atoms with van der Waals surface area (Å²) in [6.07, 6.45) is -3.59. The van der Waals surface area contributed by atoms with Gasteiger partial charge in [-0.1, -0.05) is 20.8 Å². The molecule has 0 amide bonds. The van der Waals surface area contributed by atoms with Crippen LogP contribution in [0.15, 0.2) is 12.3 Å². The molecule has 0 bridgehead atoms. The Balaban J connectivity index is 3.04. The Kier molecular flexibility index (Phi) is 4.57. The molecule has 1 aromatic heterocycles. The maximum atomic E-state index is 12.6. The smallest absolute Gasteiger partial charge is 0.433 e. The van der Waals surface area contributed by atoms with E-state index in [4.69, 9.17) is 0 Å². The first-order valence-corrected chi connectivity index (χ1v) is 5.80. The second-order valence-electron chi connectivity index (χ2n) is 5.23. The third kappa shape index (κ3) is 4.07. The van der Waals surface area contributed by atoms with E-state index in [1.165, 1.54) is 7.11 Å². The monoisotopic (exact) mass is 291 g/mol. The highest BCUT2D eigenvalue weighted by atomic mass is 19.4. The van der Waals surface area contributed by atoms with Gasteiger partial charge >= 0.3 is 12.1 Å². The largest absolute Gasteiger partial charge is 0.467 e. The predicted molar refractivity (Wildman–Crippen MR) is 65.9 cm³/mol. The molecule has 0 aliphatic carbocycles. The summed E-state index contributed by atoms with van der Waals surface area (Å²) in [5, 5.41) is 2.59. The van der Waals surface area contributed by atoms with Crippen LogP contribution < -0.4 is 5.32 Å². The third-order valence-electron chi connectivity index (χ3n) is 2.52. The molecule has 5 nitrogen and oxygen atoms in total. The molecule has 0 aliphatic heterocycles. The van der Waals surface area contributed by atoms with Crippen LogP contribution >= 0.6 is 0 Å². The molecule has 1 heterocycles. The van der Waals surface area contributed by atoms with E-state index in [-0.39, 0.29) is 5.95 Å². The summed E-state index contributed by atoms with van der Waals surface area (Å²) in [6, 6.07) is -0.105. The molecule has 112 valence electrons. The van der Waals surface area contributed by atoms with Crippen molar-refractivity contribution < 1.29 is 22.7 Å². The molecule has 0 radical (unpaired) electrons. The Morgan fingerprint density at radius 2 is 1.95 bits per heavy atom. The lowest BCUT2D eigenvalue weighted by molar-refractivity contribution is -0.143. The van der Waals surface area contributed by atoms with Gasteiger partial charge in [-0.25, -0.2) is 14.8 Å². The first kappa shape index (κ1) is 16.2. The van der Waals surface area contributed by atoms with Crippen molar-refractivity contribution in [1.82, 2.24) is 9.97 Å². The minimum atomic E-state index is -4.57. The fraction of sp³-hybridized carbons (Fsp3) is 0.583. The molecule has 1 N–H and O–H groups in total. The van der Waals surface area contributed by atoms with Gasteiger partial charge in [-0.05, 0) is 11.5 Å². The van der Waals surface area contributed by atoms with Crippen molar-refractivity contribution in [3.63, 3.8) is 0 Å². The molecule has 0 spiro atoms. The SMILES string of the molecule is COC(=O)[C@@H](Nc1nccc(C(F)(F)F)n1)C(C)(C)C. The number of esters is 1.